The lowest BCUT2D eigenvalue weighted by Gasteiger charge is -2.16. The molecule has 0 aliphatic rings. The van der Waals surface area contributed by atoms with Gasteiger partial charge in [0.05, 0.1) is 0 Å². The van der Waals surface area contributed by atoms with Gasteiger partial charge in [-0.05, 0) is 66.4 Å². The maximum atomic E-state index is 3.52. The summed E-state index contributed by atoms with van der Waals surface area (Å²) in [4.78, 5) is 1.44. The zero-order valence-electron chi connectivity index (χ0n) is 11.4. The lowest BCUT2D eigenvalue weighted by atomic mass is 9.99. The zero-order chi connectivity index (χ0) is 13.7. The van der Waals surface area contributed by atoms with Crippen LogP contribution in [0.3, 0.4) is 0 Å². The van der Waals surface area contributed by atoms with E-state index in [2.05, 4.69) is 70.9 Å². The summed E-state index contributed by atoms with van der Waals surface area (Å²) in [5.41, 5.74) is 2.87. The molecule has 1 atom stereocenters. The number of rotatable bonds is 6. The Morgan fingerprint density at radius 1 is 1.32 bits per heavy atom. The van der Waals surface area contributed by atoms with Crippen molar-refractivity contribution in [2.75, 3.05) is 7.05 Å². The highest BCUT2D eigenvalue weighted by molar-refractivity contribution is 9.10. The van der Waals surface area contributed by atoms with Gasteiger partial charge in [-0.2, -0.15) is 0 Å². The maximum Gasteiger partial charge on any atom is 0.0285 e. The first-order valence-electron chi connectivity index (χ1n) is 6.63. The molecule has 0 spiro atoms. The largest absolute Gasteiger partial charge is 0.317 e. The van der Waals surface area contributed by atoms with E-state index in [1.54, 1.807) is 0 Å². The molecule has 1 heterocycles. The molecule has 1 aromatic heterocycles. The minimum Gasteiger partial charge on any atom is -0.317 e. The van der Waals surface area contributed by atoms with Gasteiger partial charge < -0.3 is 5.32 Å². The SMILES string of the molecule is CNC(CCc1ccccc1C)Cc1cc(Br)cs1. The van der Waals surface area contributed by atoms with Crippen molar-refractivity contribution in [3.8, 4) is 0 Å². The van der Waals surface area contributed by atoms with E-state index in [-0.39, 0.29) is 0 Å². The number of halogens is 1. The molecule has 0 amide bonds. The van der Waals surface area contributed by atoms with E-state index in [1.165, 1.54) is 26.9 Å². The Bertz CT molecular complexity index is 521. The molecule has 1 nitrogen and oxygen atoms in total. The molecule has 2 aromatic rings. The molecule has 0 fully saturated rings. The van der Waals surface area contributed by atoms with Gasteiger partial charge in [0.15, 0.2) is 0 Å². The summed E-state index contributed by atoms with van der Waals surface area (Å²) in [6, 6.07) is 11.4. The Morgan fingerprint density at radius 2 is 2.11 bits per heavy atom. The van der Waals surface area contributed by atoms with E-state index in [9.17, 15) is 0 Å². The van der Waals surface area contributed by atoms with Crippen molar-refractivity contribution in [2.45, 2.75) is 32.2 Å². The molecule has 0 aliphatic heterocycles. The molecule has 0 aliphatic carbocycles. The number of nitrogens with one attached hydrogen (secondary N) is 1. The van der Waals surface area contributed by atoms with Crippen molar-refractivity contribution in [2.24, 2.45) is 0 Å². The Labute approximate surface area is 128 Å². The van der Waals surface area contributed by atoms with Gasteiger partial charge in [-0.3, -0.25) is 0 Å². The molecular weight excluding hydrogens is 318 g/mol. The van der Waals surface area contributed by atoms with Crippen molar-refractivity contribution in [3.63, 3.8) is 0 Å². The molecular formula is C16H20BrNS. The number of thiophene rings is 1. The maximum absolute atomic E-state index is 3.52. The predicted molar refractivity (Wildman–Crippen MR) is 88.1 cm³/mol. The summed E-state index contributed by atoms with van der Waals surface area (Å²) in [5.74, 6) is 0. The lowest BCUT2D eigenvalue weighted by Crippen LogP contribution is -2.27. The van der Waals surface area contributed by atoms with Gasteiger partial charge in [-0.15, -0.1) is 11.3 Å². The first kappa shape index (κ1) is 14.8. The van der Waals surface area contributed by atoms with Crippen LogP contribution in [0.1, 0.15) is 22.4 Å². The first-order valence-corrected chi connectivity index (χ1v) is 8.31. The average molecular weight is 338 g/mol. The monoisotopic (exact) mass is 337 g/mol. The Kier molecular flexibility index (Phi) is 5.61. The fraction of sp³-hybridized carbons (Fsp3) is 0.375. The van der Waals surface area contributed by atoms with Crippen LogP contribution in [-0.2, 0) is 12.8 Å². The van der Waals surface area contributed by atoms with Crippen LogP contribution in [0, 0.1) is 6.92 Å². The summed E-state index contributed by atoms with van der Waals surface area (Å²) in [6.07, 6.45) is 3.43. The van der Waals surface area contributed by atoms with Gasteiger partial charge in [0, 0.05) is 20.8 Å². The van der Waals surface area contributed by atoms with E-state index in [4.69, 9.17) is 0 Å². The number of hydrogen-bond donors (Lipinski definition) is 1. The highest BCUT2D eigenvalue weighted by Gasteiger charge is 2.10. The van der Waals surface area contributed by atoms with Crippen LogP contribution >= 0.6 is 27.3 Å². The predicted octanol–water partition coefficient (Wildman–Crippen LogP) is 4.58. The summed E-state index contributed by atoms with van der Waals surface area (Å²) in [6.45, 7) is 2.19. The van der Waals surface area contributed by atoms with Crippen LogP contribution in [0.25, 0.3) is 0 Å². The van der Waals surface area contributed by atoms with E-state index in [1.807, 2.05) is 11.3 Å². The average Bonchev–Trinajstić information content (AvgIpc) is 2.81. The Morgan fingerprint density at radius 3 is 2.74 bits per heavy atom. The minimum absolute atomic E-state index is 0.546. The lowest BCUT2D eigenvalue weighted by molar-refractivity contribution is 0.523. The fourth-order valence-corrected chi connectivity index (χ4v) is 3.81. The highest BCUT2D eigenvalue weighted by Crippen LogP contribution is 2.22. The van der Waals surface area contributed by atoms with E-state index in [0.717, 1.165) is 12.8 Å². The van der Waals surface area contributed by atoms with E-state index >= 15 is 0 Å². The minimum atomic E-state index is 0.546. The molecule has 3 heteroatoms. The van der Waals surface area contributed by atoms with E-state index in [0.29, 0.717) is 6.04 Å². The van der Waals surface area contributed by atoms with Gasteiger partial charge in [-0.25, -0.2) is 0 Å². The van der Waals surface area contributed by atoms with Crippen LogP contribution in [0.15, 0.2) is 40.2 Å². The summed E-state index contributed by atoms with van der Waals surface area (Å²) >= 11 is 5.35. The summed E-state index contributed by atoms with van der Waals surface area (Å²) in [7, 11) is 2.06. The topological polar surface area (TPSA) is 12.0 Å². The van der Waals surface area contributed by atoms with Gasteiger partial charge in [-0.1, -0.05) is 24.3 Å². The van der Waals surface area contributed by atoms with E-state index < -0.39 is 0 Å². The standard InChI is InChI=1S/C16H20BrNS/c1-12-5-3-4-6-13(12)7-8-15(18-2)10-16-9-14(17)11-19-16/h3-6,9,11,15,18H,7-8,10H2,1-2H3. The third-order valence-electron chi connectivity index (χ3n) is 3.50. The van der Waals surface area contributed by atoms with Crippen LogP contribution in [0.2, 0.25) is 0 Å². The second-order valence-corrected chi connectivity index (χ2v) is 6.80. The molecule has 1 unspecified atom stereocenters. The van der Waals surface area contributed by atoms with Crippen molar-refractivity contribution in [1.29, 1.82) is 0 Å². The molecule has 0 radical (unpaired) electrons. The molecule has 0 saturated carbocycles. The van der Waals surface area contributed by atoms with Crippen LogP contribution in [0.4, 0.5) is 0 Å². The van der Waals surface area contributed by atoms with Gasteiger partial charge in [0.2, 0.25) is 0 Å². The molecule has 2 rings (SSSR count). The molecule has 0 saturated heterocycles. The molecule has 102 valence electrons. The number of benzene rings is 1. The number of hydrogen-bond acceptors (Lipinski definition) is 2. The van der Waals surface area contributed by atoms with Crippen LogP contribution in [0.5, 0.6) is 0 Å². The Balaban J connectivity index is 1.91. The Hall–Kier alpha value is -0.640. The summed E-state index contributed by atoms with van der Waals surface area (Å²) < 4.78 is 1.20. The van der Waals surface area contributed by atoms with Crippen molar-refractivity contribution < 1.29 is 0 Å². The third kappa shape index (κ3) is 4.44. The van der Waals surface area contributed by atoms with Crippen molar-refractivity contribution in [1.82, 2.24) is 5.32 Å². The third-order valence-corrected chi connectivity index (χ3v) is 5.22. The van der Waals surface area contributed by atoms with Crippen molar-refractivity contribution >= 4 is 27.3 Å². The molecule has 19 heavy (non-hydrogen) atoms. The normalized spacial score (nSPS) is 12.6. The number of aryl methyl sites for hydroxylation is 2. The van der Waals surface area contributed by atoms with Gasteiger partial charge in [0.25, 0.3) is 0 Å². The van der Waals surface area contributed by atoms with Crippen molar-refractivity contribution in [3.05, 3.63) is 56.2 Å². The van der Waals surface area contributed by atoms with Crippen LogP contribution < -0.4 is 5.32 Å². The second-order valence-electron chi connectivity index (χ2n) is 4.89. The smallest absolute Gasteiger partial charge is 0.0285 e. The first-order chi connectivity index (χ1) is 9.19. The van der Waals surface area contributed by atoms with Crippen LogP contribution in [-0.4, -0.2) is 13.1 Å². The molecule has 0 bridgehead atoms. The highest BCUT2D eigenvalue weighted by atomic mass is 79.9. The summed E-state index contributed by atoms with van der Waals surface area (Å²) in [5, 5.41) is 5.60. The fourth-order valence-electron chi connectivity index (χ4n) is 2.27. The van der Waals surface area contributed by atoms with Gasteiger partial charge in [0.1, 0.15) is 0 Å². The number of likely N-dealkylation sites (N-methyl/N-ethyl adjacent to an activating group) is 1. The quantitative estimate of drug-likeness (QED) is 0.813. The zero-order valence-corrected chi connectivity index (χ0v) is 13.9. The molecule has 1 N–H and O–H groups in total. The van der Waals surface area contributed by atoms with Gasteiger partial charge >= 0.3 is 0 Å². The molecule has 1 aromatic carbocycles. The second kappa shape index (κ2) is 7.22.